The number of nitrogens with zero attached hydrogens (tertiary/aromatic N) is 1. The van der Waals surface area contributed by atoms with Crippen molar-refractivity contribution in [3.63, 3.8) is 0 Å². The van der Waals surface area contributed by atoms with Crippen LogP contribution in [0.4, 0.5) is 10.5 Å². The number of hydrogen-bond acceptors (Lipinski definition) is 5. The first-order valence-corrected chi connectivity index (χ1v) is 8.96. The van der Waals surface area contributed by atoms with Gasteiger partial charge in [0.25, 0.3) is 5.91 Å². The highest BCUT2D eigenvalue weighted by Gasteiger charge is 2.23. The zero-order valence-corrected chi connectivity index (χ0v) is 15.3. The second-order valence-electron chi connectivity index (χ2n) is 6.28. The molecule has 1 aliphatic rings. The zero-order chi connectivity index (χ0) is 20.2. The lowest BCUT2D eigenvalue weighted by Gasteiger charge is -2.11. The Bertz CT molecular complexity index is 1200. The topological polar surface area (TPSA) is 88.8 Å². The summed E-state index contributed by atoms with van der Waals surface area (Å²) in [4.78, 5) is 37.3. The van der Waals surface area contributed by atoms with Crippen LogP contribution in [0.2, 0.25) is 0 Å². The van der Waals surface area contributed by atoms with E-state index in [1.54, 1.807) is 53.4 Å². The number of para-hydroxylation sites is 1. The van der Waals surface area contributed by atoms with E-state index in [4.69, 9.17) is 9.15 Å². The van der Waals surface area contributed by atoms with Gasteiger partial charge in [0.2, 0.25) is 0 Å². The number of ether oxygens (including phenoxy) is 1. The first kappa shape index (κ1) is 18.3. The normalized spacial score (nSPS) is 13.0. The quantitative estimate of drug-likeness (QED) is 0.550. The SMILES string of the molecule is O=C(NCC#Cc1ccc(N2CCOC2=O)cc1)c1cc2ccccc2oc1=O. The van der Waals surface area contributed by atoms with Gasteiger partial charge in [-0.3, -0.25) is 9.69 Å². The largest absolute Gasteiger partial charge is 0.447 e. The molecule has 7 heteroatoms. The maximum atomic E-state index is 12.3. The van der Waals surface area contributed by atoms with Crippen LogP contribution in [0.15, 0.2) is 63.8 Å². The minimum absolute atomic E-state index is 0.0626. The van der Waals surface area contributed by atoms with E-state index in [0.29, 0.717) is 24.1 Å². The third-order valence-corrected chi connectivity index (χ3v) is 4.40. The third-order valence-electron chi connectivity index (χ3n) is 4.40. The van der Waals surface area contributed by atoms with Crippen LogP contribution in [-0.2, 0) is 4.74 Å². The van der Waals surface area contributed by atoms with Crippen molar-refractivity contribution in [2.24, 2.45) is 0 Å². The predicted molar refractivity (Wildman–Crippen MR) is 107 cm³/mol. The number of amides is 2. The molecule has 2 heterocycles. The van der Waals surface area contributed by atoms with E-state index >= 15 is 0 Å². The van der Waals surface area contributed by atoms with Gasteiger partial charge in [-0.1, -0.05) is 30.0 Å². The van der Waals surface area contributed by atoms with E-state index in [9.17, 15) is 14.4 Å². The molecule has 1 fully saturated rings. The number of carbonyl (C=O) groups is 2. The number of fused-ring (bicyclic) bond motifs is 1. The van der Waals surface area contributed by atoms with Gasteiger partial charge in [0.05, 0.1) is 13.1 Å². The Labute approximate surface area is 165 Å². The van der Waals surface area contributed by atoms with Gasteiger partial charge in [-0.25, -0.2) is 9.59 Å². The third kappa shape index (κ3) is 3.96. The second-order valence-corrected chi connectivity index (χ2v) is 6.28. The fraction of sp³-hybridized carbons (Fsp3) is 0.136. The maximum absolute atomic E-state index is 12.3. The summed E-state index contributed by atoms with van der Waals surface area (Å²) in [6, 6.07) is 15.6. The lowest BCUT2D eigenvalue weighted by atomic mass is 10.2. The molecule has 0 unspecified atom stereocenters. The Morgan fingerprint density at radius 2 is 1.90 bits per heavy atom. The minimum atomic E-state index is -0.690. The van der Waals surface area contributed by atoms with Crippen molar-refractivity contribution in [3.05, 3.63) is 76.1 Å². The van der Waals surface area contributed by atoms with Crippen LogP contribution in [0.1, 0.15) is 15.9 Å². The van der Waals surface area contributed by atoms with Gasteiger partial charge in [-0.15, -0.1) is 0 Å². The highest BCUT2D eigenvalue weighted by molar-refractivity contribution is 5.96. The van der Waals surface area contributed by atoms with Crippen LogP contribution in [-0.4, -0.2) is 31.7 Å². The van der Waals surface area contributed by atoms with E-state index in [1.165, 1.54) is 6.07 Å². The molecule has 2 amide bonds. The minimum Gasteiger partial charge on any atom is -0.447 e. The standard InChI is InChI=1S/C22H16N2O5/c25-20(18-14-16-5-1-2-6-19(16)29-21(18)26)23-11-3-4-15-7-9-17(10-8-15)24-12-13-28-22(24)27/h1-2,5-10,14H,11-13H2,(H,23,25). The molecule has 0 bridgehead atoms. The first-order valence-electron chi connectivity index (χ1n) is 8.96. The van der Waals surface area contributed by atoms with E-state index in [-0.39, 0.29) is 18.2 Å². The van der Waals surface area contributed by atoms with Crippen molar-refractivity contribution in [2.75, 3.05) is 24.6 Å². The van der Waals surface area contributed by atoms with Crippen molar-refractivity contribution in [1.82, 2.24) is 5.32 Å². The molecule has 1 saturated heterocycles. The zero-order valence-electron chi connectivity index (χ0n) is 15.3. The summed E-state index contributed by atoms with van der Waals surface area (Å²) in [6.45, 7) is 0.986. The molecule has 144 valence electrons. The van der Waals surface area contributed by atoms with Crippen molar-refractivity contribution in [1.29, 1.82) is 0 Å². The van der Waals surface area contributed by atoms with Crippen LogP contribution in [0.3, 0.4) is 0 Å². The van der Waals surface area contributed by atoms with Crippen LogP contribution >= 0.6 is 0 Å². The summed E-state index contributed by atoms with van der Waals surface area (Å²) in [5, 5.41) is 3.27. The molecule has 1 aliphatic heterocycles. The summed E-state index contributed by atoms with van der Waals surface area (Å²) in [6.07, 6.45) is -0.357. The van der Waals surface area contributed by atoms with E-state index in [0.717, 1.165) is 11.3 Å². The molecule has 4 rings (SSSR count). The molecular formula is C22H16N2O5. The highest BCUT2D eigenvalue weighted by Crippen LogP contribution is 2.18. The Hall–Kier alpha value is -4.05. The van der Waals surface area contributed by atoms with Gasteiger partial charge >= 0.3 is 11.7 Å². The molecule has 0 atom stereocenters. The van der Waals surface area contributed by atoms with Crippen LogP contribution < -0.4 is 15.8 Å². The van der Waals surface area contributed by atoms with Gasteiger partial charge in [0.1, 0.15) is 17.8 Å². The number of benzene rings is 2. The average molecular weight is 388 g/mol. The fourth-order valence-corrected chi connectivity index (χ4v) is 2.94. The molecule has 0 spiro atoms. The number of carbonyl (C=O) groups excluding carboxylic acids is 2. The molecule has 29 heavy (non-hydrogen) atoms. The highest BCUT2D eigenvalue weighted by atomic mass is 16.6. The van der Waals surface area contributed by atoms with Crippen molar-refractivity contribution in [2.45, 2.75) is 0 Å². The van der Waals surface area contributed by atoms with E-state index < -0.39 is 11.5 Å². The van der Waals surface area contributed by atoms with Crippen molar-refractivity contribution in [3.8, 4) is 11.8 Å². The summed E-state index contributed by atoms with van der Waals surface area (Å²) < 4.78 is 10.1. The fourth-order valence-electron chi connectivity index (χ4n) is 2.94. The van der Waals surface area contributed by atoms with Crippen molar-refractivity contribution < 1.29 is 18.7 Å². The lowest BCUT2D eigenvalue weighted by Crippen LogP contribution is -2.28. The van der Waals surface area contributed by atoms with Crippen LogP contribution in [0.5, 0.6) is 0 Å². The van der Waals surface area contributed by atoms with Gasteiger partial charge in [0.15, 0.2) is 0 Å². The smallest absolute Gasteiger partial charge is 0.414 e. The Morgan fingerprint density at radius 3 is 2.66 bits per heavy atom. The number of hydrogen-bond donors (Lipinski definition) is 1. The molecule has 0 saturated carbocycles. The lowest BCUT2D eigenvalue weighted by molar-refractivity contribution is 0.0955. The number of rotatable bonds is 3. The molecule has 1 N–H and O–H groups in total. The summed E-state index contributed by atoms with van der Waals surface area (Å²) in [5.74, 6) is 5.22. The Morgan fingerprint density at radius 1 is 1.10 bits per heavy atom. The molecule has 0 radical (unpaired) electrons. The Balaban J connectivity index is 1.39. The predicted octanol–water partition coefficient (Wildman–Crippen LogP) is 2.53. The summed E-state index contributed by atoms with van der Waals surface area (Å²) in [7, 11) is 0. The van der Waals surface area contributed by atoms with Gasteiger partial charge < -0.3 is 14.5 Å². The summed E-state index contributed by atoms with van der Waals surface area (Å²) in [5.41, 5.74) is 1.16. The number of cyclic esters (lactones) is 1. The van der Waals surface area contributed by atoms with Gasteiger partial charge in [-0.05, 0) is 36.4 Å². The van der Waals surface area contributed by atoms with E-state index in [1.807, 2.05) is 0 Å². The van der Waals surface area contributed by atoms with Gasteiger partial charge in [0, 0.05) is 16.6 Å². The van der Waals surface area contributed by atoms with E-state index in [2.05, 4.69) is 17.2 Å². The second kappa shape index (κ2) is 7.90. The molecule has 2 aromatic carbocycles. The van der Waals surface area contributed by atoms with Gasteiger partial charge in [-0.2, -0.15) is 0 Å². The van der Waals surface area contributed by atoms with Crippen molar-refractivity contribution >= 4 is 28.7 Å². The molecular weight excluding hydrogens is 372 g/mol. The monoisotopic (exact) mass is 388 g/mol. The molecule has 0 aliphatic carbocycles. The summed E-state index contributed by atoms with van der Waals surface area (Å²) >= 11 is 0. The number of anilines is 1. The molecule has 7 nitrogen and oxygen atoms in total. The molecule has 3 aromatic rings. The maximum Gasteiger partial charge on any atom is 0.414 e. The van der Waals surface area contributed by atoms with Crippen LogP contribution in [0, 0.1) is 11.8 Å². The first-order chi connectivity index (χ1) is 14.1. The Kier molecular flexibility index (Phi) is 4.99. The number of nitrogens with one attached hydrogen (secondary N) is 1. The molecule has 1 aromatic heterocycles. The van der Waals surface area contributed by atoms with Crippen LogP contribution in [0.25, 0.3) is 11.0 Å². The average Bonchev–Trinajstić information content (AvgIpc) is 3.17.